The molecule has 0 radical (unpaired) electrons. The minimum atomic E-state index is -0.166. The Labute approximate surface area is 155 Å². The molecule has 1 aromatic heterocycles. The SMILES string of the molecule is COc1ccc(CCNC(=O)c2ccc3nc(NC(C)=O)sc3c2)cc1. The predicted molar refractivity (Wildman–Crippen MR) is 103 cm³/mol. The summed E-state index contributed by atoms with van der Waals surface area (Å²) in [5.74, 6) is 0.518. The maximum Gasteiger partial charge on any atom is 0.251 e. The molecule has 0 atom stereocenters. The summed E-state index contributed by atoms with van der Waals surface area (Å²) < 4.78 is 5.99. The van der Waals surface area contributed by atoms with Gasteiger partial charge < -0.3 is 15.4 Å². The molecule has 0 aliphatic carbocycles. The number of nitrogens with zero attached hydrogens (tertiary/aromatic N) is 1. The average Bonchev–Trinajstić information content (AvgIpc) is 3.02. The Kier molecular flexibility index (Phi) is 5.48. The van der Waals surface area contributed by atoms with Crippen molar-refractivity contribution in [1.29, 1.82) is 0 Å². The van der Waals surface area contributed by atoms with E-state index in [2.05, 4.69) is 15.6 Å². The van der Waals surface area contributed by atoms with E-state index in [-0.39, 0.29) is 11.8 Å². The van der Waals surface area contributed by atoms with Crippen molar-refractivity contribution in [1.82, 2.24) is 10.3 Å². The molecule has 134 valence electrons. The molecule has 2 aromatic carbocycles. The topological polar surface area (TPSA) is 80.3 Å². The molecule has 0 aliphatic rings. The Balaban J connectivity index is 1.60. The molecular formula is C19H19N3O3S. The number of fused-ring (bicyclic) bond motifs is 1. The number of nitrogens with one attached hydrogen (secondary N) is 2. The number of hydrogen-bond acceptors (Lipinski definition) is 5. The molecule has 26 heavy (non-hydrogen) atoms. The van der Waals surface area contributed by atoms with Crippen LogP contribution < -0.4 is 15.4 Å². The molecule has 0 spiro atoms. The number of rotatable bonds is 6. The Hall–Kier alpha value is -2.93. The number of aromatic nitrogens is 1. The van der Waals surface area contributed by atoms with Gasteiger partial charge >= 0.3 is 0 Å². The highest BCUT2D eigenvalue weighted by Gasteiger charge is 2.10. The second kappa shape index (κ2) is 7.97. The zero-order valence-corrected chi connectivity index (χ0v) is 15.4. The Morgan fingerprint density at radius 3 is 2.62 bits per heavy atom. The highest BCUT2D eigenvalue weighted by Crippen LogP contribution is 2.26. The summed E-state index contributed by atoms with van der Waals surface area (Å²) in [7, 11) is 1.63. The van der Waals surface area contributed by atoms with Crippen LogP contribution in [-0.4, -0.2) is 30.5 Å². The zero-order chi connectivity index (χ0) is 18.5. The third-order valence-corrected chi connectivity index (χ3v) is 4.73. The number of thiazole rings is 1. The number of carbonyl (C=O) groups excluding carboxylic acids is 2. The van der Waals surface area contributed by atoms with Crippen molar-refractivity contribution in [2.45, 2.75) is 13.3 Å². The van der Waals surface area contributed by atoms with Crippen LogP contribution in [0, 0.1) is 0 Å². The van der Waals surface area contributed by atoms with Crippen LogP contribution >= 0.6 is 11.3 Å². The number of hydrogen-bond donors (Lipinski definition) is 2. The second-order valence-electron chi connectivity index (χ2n) is 5.74. The van der Waals surface area contributed by atoms with Gasteiger partial charge in [-0.3, -0.25) is 9.59 Å². The smallest absolute Gasteiger partial charge is 0.251 e. The summed E-state index contributed by atoms with van der Waals surface area (Å²) >= 11 is 1.35. The molecule has 2 N–H and O–H groups in total. The minimum absolute atomic E-state index is 0.130. The molecule has 1 heterocycles. The van der Waals surface area contributed by atoms with Crippen LogP contribution in [-0.2, 0) is 11.2 Å². The summed E-state index contributed by atoms with van der Waals surface area (Å²) in [6.07, 6.45) is 0.741. The maximum absolute atomic E-state index is 12.3. The first-order valence-corrected chi connectivity index (χ1v) is 8.96. The third kappa shape index (κ3) is 4.37. The van der Waals surface area contributed by atoms with E-state index < -0.39 is 0 Å². The zero-order valence-electron chi connectivity index (χ0n) is 14.5. The Morgan fingerprint density at radius 2 is 1.92 bits per heavy atom. The summed E-state index contributed by atoms with van der Waals surface area (Å²) in [6.45, 7) is 1.98. The fourth-order valence-electron chi connectivity index (χ4n) is 2.48. The van der Waals surface area contributed by atoms with Crippen LogP contribution in [0.4, 0.5) is 5.13 Å². The van der Waals surface area contributed by atoms with Crippen molar-refractivity contribution >= 4 is 38.5 Å². The molecule has 0 unspecified atom stereocenters. The lowest BCUT2D eigenvalue weighted by Crippen LogP contribution is -2.25. The van der Waals surface area contributed by atoms with Crippen LogP contribution in [0.2, 0.25) is 0 Å². The van der Waals surface area contributed by atoms with Crippen LogP contribution in [0.1, 0.15) is 22.8 Å². The first-order chi connectivity index (χ1) is 12.5. The van der Waals surface area contributed by atoms with Gasteiger partial charge in [0.2, 0.25) is 5.91 Å². The molecule has 0 saturated carbocycles. The highest BCUT2D eigenvalue weighted by atomic mass is 32.1. The van der Waals surface area contributed by atoms with Crippen molar-refractivity contribution in [2.24, 2.45) is 0 Å². The van der Waals surface area contributed by atoms with E-state index in [1.54, 1.807) is 25.3 Å². The monoisotopic (exact) mass is 369 g/mol. The highest BCUT2D eigenvalue weighted by molar-refractivity contribution is 7.22. The van der Waals surface area contributed by atoms with Crippen LogP contribution in [0.15, 0.2) is 42.5 Å². The molecule has 0 aliphatic heterocycles. The standard InChI is InChI=1S/C19H19N3O3S/c1-12(23)21-19-22-16-8-5-14(11-17(16)26-19)18(24)20-10-9-13-3-6-15(25-2)7-4-13/h3-8,11H,9-10H2,1-2H3,(H,20,24)(H,21,22,23). The fourth-order valence-corrected chi connectivity index (χ4v) is 3.44. The summed E-state index contributed by atoms with van der Waals surface area (Å²) in [5, 5.41) is 6.12. The number of amides is 2. The van der Waals surface area contributed by atoms with Gasteiger partial charge in [-0.25, -0.2) is 4.98 Å². The number of anilines is 1. The molecule has 0 bridgehead atoms. The number of methoxy groups -OCH3 is 1. The van der Waals surface area contributed by atoms with E-state index >= 15 is 0 Å². The summed E-state index contributed by atoms with van der Waals surface area (Å²) in [6, 6.07) is 13.1. The van der Waals surface area contributed by atoms with E-state index in [0.717, 1.165) is 28.0 Å². The average molecular weight is 369 g/mol. The van der Waals surface area contributed by atoms with Crippen molar-refractivity contribution < 1.29 is 14.3 Å². The van der Waals surface area contributed by atoms with E-state index in [4.69, 9.17) is 4.74 Å². The maximum atomic E-state index is 12.3. The molecule has 3 aromatic rings. The normalized spacial score (nSPS) is 10.5. The first-order valence-electron chi connectivity index (χ1n) is 8.14. The number of benzene rings is 2. The lowest BCUT2D eigenvalue weighted by atomic mass is 10.1. The lowest BCUT2D eigenvalue weighted by molar-refractivity contribution is -0.114. The largest absolute Gasteiger partial charge is 0.497 e. The van der Waals surface area contributed by atoms with E-state index in [1.165, 1.54) is 18.3 Å². The Bertz CT molecular complexity index is 935. The predicted octanol–water partition coefficient (Wildman–Crippen LogP) is 3.24. The molecule has 3 rings (SSSR count). The molecule has 7 heteroatoms. The molecule has 2 amide bonds. The van der Waals surface area contributed by atoms with Gasteiger partial charge in [-0.05, 0) is 42.3 Å². The van der Waals surface area contributed by atoms with Gasteiger partial charge in [0.1, 0.15) is 5.75 Å². The number of carbonyl (C=O) groups is 2. The quantitative estimate of drug-likeness (QED) is 0.699. The lowest BCUT2D eigenvalue weighted by Gasteiger charge is -2.06. The van der Waals surface area contributed by atoms with Crippen LogP contribution in [0.3, 0.4) is 0 Å². The van der Waals surface area contributed by atoms with E-state index in [0.29, 0.717) is 17.2 Å². The third-order valence-electron chi connectivity index (χ3n) is 3.79. The van der Waals surface area contributed by atoms with Crippen LogP contribution in [0.25, 0.3) is 10.2 Å². The Morgan fingerprint density at radius 1 is 1.15 bits per heavy atom. The van der Waals surface area contributed by atoms with Gasteiger partial charge in [0, 0.05) is 19.0 Å². The van der Waals surface area contributed by atoms with Gasteiger partial charge in [-0.1, -0.05) is 23.5 Å². The summed E-state index contributed by atoms with van der Waals surface area (Å²) in [4.78, 5) is 27.8. The van der Waals surface area contributed by atoms with Gasteiger partial charge in [0.15, 0.2) is 5.13 Å². The number of ether oxygens (including phenoxy) is 1. The van der Waals surface area contributed by atoms with Gasteiger partial charge in [0.05, 0.1) is 17.3 Å². The molecule has 0 saturated heterocycles. The van der Waals surface area contributed by atoms with Crippen molar-refractivity contribution in [3.05, 3.63) is 53.6 Å². The molecule has 0 fully saturated rings. The van der Waals surface area contributed by atoms with E-state index in [1.807, 2.05) is 24.3 Å². The van der Waals surface area contributed by atoms with Gasteiger partial charge in [0.25, 0.3) is 5.91 Å². The second-order valence-corrected chi connectivity index (χ2v) is 6.77. The fraction of sp³-hybridized carbons (Fsp3) is 0.211. The van der Waals surface area contributed by atoms with Gasteiger partial charge in [-0.2, -0.15) is 0 Å². The van der Waals surface area contributed by atoms with Crippen molar-refractivity contribution in [3.63, 3.8) is 0 Å². The minimum Gasteiger partial charge on any atom is -0.497 e. The first kappa shape index (κ1) is 17.9. The molecular weight excluding hydrogens is 350 g/mol. The summed E-state index contributed by atoms with van der Waals surface area (Å²) in [5.41, 5.74) is 2.46. The van der Waals surface area contributed by atoms with Crippen molar-refractivity contribution in [3.8, 4) is 5.75 Å². The molecule has 6 nitrogen and oxygen atoms in total. The van der Waals surface area contributed by atoms with Crippen LogP contribution in [0.5, 0.6) is 5.75 Å². The van der Waals surface area contributed by atoms with Crippen molar-refractivity contribution in [2.75, 3.05) is 19.0 Å². The van der Waals surface area contributed by atoms with Gasteiger partial charge in [-0.15, -0.1) is 0 Å². The van der Waals surface area contributed by atoms with E-state index in [9.17, 15) is 9.59 Å².